The smallest absolute Gasteiger partial charge is 0.192 e. The second-order valence-electron chi connectivity index (χ2n) is 13.9. The molecule has 0 bridgehead atoms. The predicted octanol–water partition coefficient (Wildman–Crippen LogP) is 7.12. The zero-order valence-corrected chi connectivity index (χ0v) is 26.0. The highest BCUT2D eigenvalue weighted by Gasteiger charge is 2.46. The van der Waals surface area contributed by atoms with Gasteiger partial charge in [0.15, 0.2) is 22.4 Å². The van der Waals surface area contributed by atoms with Crippen LogP contribution in [0.15, 0.2) is 0 Å². The van der Waals surface area contributed by atoms with E-state index in [1.807, 2.05) is 13.8 Å². The van der Waals surface area contributed by atoms with Gasteiger partial charge in [0.25, 0.3) is 0 Å². The largest absolute Gasteiger partial charge is 0.417 e. The van der Waals surface area contributed by atoms with Crippen molar-refractivity contribution in [2.24, 2.45) is 5.92 Å². The molecule has 0 spiro atoms. The Bertz CT molecular complexity index is 636. The van der Waals surface area contributed by atoms with Gasteiger partial charge in [0, 0.05) is 13.0 Å². The zero-order chi connectivity index (χ0) is 25.5. The van der Waals surface area contributed by atoms with Crippen LogP contribution in [0, 0.1) is 5.92 Å². The van der Waals surface area contributed by atoms with Gasteiger partial charge in [0.05, 0.1) is 31.0 Å². The molecule has 2 aliphatic rings. The van der Waals surface area contributed by atoms with Crippen LogP contribution in [-0.4, -0.2) is 60.1 Å². The lowest BCUT2D eigenvalue weighted by Crippen LogP contribution is -2.48. The van der Waals surface area contributed by atoms with Gasteiger partial charge < -0.3 is 23.1 Å². The highest BCUT2D eigenvalue weighted by Crippen LogP contribution is 2.42. The predicted molar refractivity (Wildman–Crippen MR) is 142 cm³/mol. The lowest BCUT2D eigenvalue weighted by Gasteiger charge is -2.41. The number of ether oxygens (including phenoxy) is 3. The van der Waals surface area contributed by atoms with Crippen molar-refractivity contribution in [3.05, 3.63) is 0 Å². The Labute approximate surface area is 206 Å². The summed E-state index contributed by atoms with van der Waals surface area (Å²) in [6.45, 7) is 30.8. The molecule has 196 valence electrons. The molecule has 0 saturated carbocycles. The quantitative estimate of drug-likeness (QED) is 0.314. The Balaban J connectivity index is 2.05. The van der Waals surface area contributed by atoms with Gasteiger partial charge in [-0.25, -0.2) is 0 Å². The topological polar surface area (TPSA) is 46.2 Å². The lowest BCUT2D eigenvalue weighted by molar-refractivity contribution is -0.144. The number of hydrogen-bond donors (Lipinski definition) is 0. The molecule has 0 aromatic carbocycles. The molecule has 5 nitrogen and oxygen atoms in total. The van der Waals surface area contributed by atoms with Crippen molar-refractivity contribution in [3.63, 3.8) is 0 Å². The Morgan fingerprint density at radius 1 is 0.970 bits per heavy atom. The molecule has 0 radical (unpaired) electrons. The summed E-state index contributed by atoms with van der Waals surface area (Å²) < 4.78 is 32.1. The summed E-state index contributed by atoms with van der Waals surface area (Å²) in [5.41, 5.74) is 0. The van der Waals surface area contributed by atoms with Crippen LogP contribution in [0.1, 0.15) is 81.6 Å². The normalized spacial score (nSPS) is 30.1. The van der Waals surface area contributed by atoms with E-state index < -0.39 is 22.4 Å². The minimum absolute atomic E-state index is 0.0298. The molecule has 5 atom stereocenters. The van der Waals surface area contributed by atoms with Crippen LogP contribution in [0.4, 0.5) is 0 Å². The molecule has 2 fully saturated rings. The maximum Gasteiger partial charge on any atom is 0.192 e. The second-order valence-corrected chi connectivity index (χ2v) is 23.5. The first-order valence-corrected chi connectivity index (χ1v) is 18.8. The van der Waals surface area contributed by atoms with E-state index >= 15 is 0 Å². The molecule has 0 amide bonds. The van der Waals surface area contributed by atoms with Crippen molar-refractivity contribution in [2.75, 3.05) is 13.2 Å². The zero-order valence-electron chi connectivity index (χ0n) is 24.0. The molecule has 2 unspecified atom stereocenters. The fourth-order valence-electron chi connectivity index (χ4n) is 4.14. The summed E-state index contributed by atoms with van der Waals surface area (Å²) in [4.78, 5) is 0. The average molecular weight is 503 g/mol. The van der Waals surface area contributed by atoms with Crippen LogP contribution < -0.4 is 0 Å². The van der Waals surface area contributed by atoms with Gasteiger partial charge in [-0.3, -0.25) is 0 Å². The van der Waals surface area contributed by atoms with E-state index in [2.05, 4.69) is 74.7 Å². The molecule has 2 rings (SSSR count). The molecule has 33 heavy (non-hydrogen) atoms. The summed E-state index contributed by atoms with van der Waals surface area (Å²) in [5.74, 6) is -0.0136. The Kier molecular flexibility index (Phi) is 9.20. The average Bonchev–Trinajstić information content (AvgIpc) is 3.14. The van der Waals surface area contributed by atoms with Crippen molar-refractivity contribution >= 4 is 16.6 Å². The van der Waals surface area contributed by atoms with E-state index in [9.17, 15) is 0 Å². The van der Waals surface area contributed by atoms with E-state index in [1.165, 1.54) is 0 Å². The third kappa shape index (κ3) is 7.86. The van der Waals surface area contributed by atoms with Crippen molar-refractivity contribution in [1.29, 1.82) is 0 Å². The standard InChI is InChI=1S/C26H54O5Si2/c1-19-16-22(29-21(19)14-15-28-32(10,11)24(2,3)4)23(31-33(12,13)25(5,6)7)17-20-18-27-26(8,9)30-20/h19-23H,14-18H2,1-13H3/t19-,20-,21?,22?,23-/m0/s1. The van der Waals surface area contributed by atoms with Crippen LogP contribution >= 0.6 is 0 Å². The summed E-state index contributed by atoms with van der Waals surface area (Å²) in [7, 11) is -3.69. The summed E-state index contributed by atoms with van der Waals surface area (Å²) >= 11 is 0. The van der Waals surface area contributed by atoms with Crippen LogP contribution in [0.25, 0.3) is 0 Å². The monoisotopic (exact) mass is 502 g/mol. The second kappa shape index (κ2) is 10.3. The minimum Gasteiger partial charge on any atom is -0.417 e. The van der Waals surface area contributed by atoms with Gasteiger partial charge in [0.2, 0.25) is 0 Å². The first kappa shape index (κ1) is 29.5. The summed E-state index contributed by atoms with van der Waals surface area (Å²) in [6.07, 6.45) is 3.20. The molecule has 2 heterocycles. The SMILES string of the molecule is C[C@H]1CC([C@H](C[C@H]2COC(C)(C)O2)O[Si](C)(C)C(C)(C)C)OC1CCO[Si](C)(C)C(C)(C)C. The maximum atomic E-state index is 6.97. The molecular weight excluding hydrogens is 448 g/mol. The van der Waals surface area contributed by atoms with Gasteiger partial charge in [-0.2, -0.15) is 0 Å². The van der Waals surface area contributed by atoms with E-state index in [-0.39, 0.29) is 34.5 Å². The lowest BCUT2D eigenvalue weighted by atomic mass is 9.96. The highest BCUT2D eigenvalue weighted by atomic mass is 28.4. The van der Waals surface area contributed by atoms with E-state index in [1.54, 1.807) is 0 Å². The molecule has 0 aromatic rings. The fourth-order valence-corrected chi connectivity index (χ4v) is 6.56. The third-order valence-electron chi connectivity index (χ3n) is 8.49. The Morgan fingerprint density at radius 3 is 2.03 bits per heavy atom. The molecular formula is C26H54O5Si2. The van der Waals surface area contributed by atoms with Gasteiger partial charge in [-0.05, 0) is 68.9 Å². The maximum absolute atomic E-state index is 6.97. The van der Waals surface area contributed by atoms with E-state index in [0.29, 0.717) is 12.5 Å². The first-order chi connectivity index (χ1) is 14.7. The molecule has 0 N–H and O–H groups in total. The minimum atomic E-state index is -1.95. The van der Waals surface area contributed by atoms with Crippen LogP contribution in [0.3, 0.4) is 0 Å². The third-order valence-corrected chi connectivity index (χ3v) is 17.5. The van der Waals surface area contributed by atoms with Crippen LogP contribution in [-0.2, 0) is 23.1 Å². The molecule has 0 aromatic heterocycles. The highest BCUT2D eigenvalue weighted by molar-refractivity contribution is 6.74. The Hall–Kier alpha value is 0.234. The summed E-state index contributed by atoms with van der Waals surface area (Å²) in [5, 5.41) is 0.384. The first-order valence-electron chi connectivity index (χ1n) is 13.0. The molecule has 2 aliphatic heterocycles. The summed E-state index contributed by atoms with van der Waals surface area (Å²) in [6, 6.07) is 0. The number of rotatable bonds is 9. The van der Waals surface area contributed by atoms with Crippen molar-refractivity contribution in [1.82, 2.24) is 0 Å². The van der Waals surface area contributed by atoms with Gasteiger partial charge in [-0.15, -0.1) is 0 Å². The molecule has 0 aliphatic carbocycles. The molecule has 2 saturated heterocycles. The van der Waals surface area contributed by atoms with E-state index in [4.69, 9.17) is 23.1 Å². The van der Waals surface area contributed by atoms with Crippen LogP contribution in [0.2, 0.25) is 36.3 Å². The number of hydrogen-bond acceptors (Lipinski definition) is 5. The van der Waals surface area contributed by atoms with Gasteiger partial charge >= 0.3 is 0 Å². The molecule has 7 heteroatoms. The van der Waals surface area contributed by atoms with Gasteiger partial charge in [0.1, 0.15) is 0 Å². The Morgan fingerprint density at radius 2 is 1.55 bits per heavy atom. The van der Waals surface area contributed by atoms with E-state index in [0.717, 1.165) is 25.9 Å². The van der Waals surface area contributed by atoms with Crippen molar-refractivity contribution in [3.8, 4) is 0 Å². The van der Waals surface area contributed by atoms with Gasteiger partial charge in [-0.1, -0.05) is 48.5 Å². The van der Waals surface area contributed by atoms with Crippen LogP contribution in [0.5, 0.6) is 0 Å². The van der Waals surface area contributed by atoms with Crippen molar-refractivity contribution < 1.29 is 23.1 Å². The fraction of sp³-hybridized carbons (Fsp3) is 1.00. The van der Waals surface area contributed by atoms with Crippen molar-refractivity contribution in [2.45, 2.75) is 148 Å².